The van der Waals surface area contributed by atoms with Crippen molar-refractivity contribution in [1.82, 2.24) is 19.9 Å². The number of imide groups is 1. The average molecular weight is 569 g/mol. The number of carbonyl (C=O) groups excluding carboxylic acids is 3. The summed E-state index contributed by atoms with van der Waals surface area (Å²) in [7, 11) is 0. The van der Waals surface area contributed by atoms with Crippen LogP contribution in [0.3, 0.4) is 0 Å². The highest BCUT2D eigenvalue weighted by atomic mass is 16.5. The zero-order valence-corrected chi connectivity index (χ0v) is 24.0. The highest BCUT2D eigenvalue weighted by molar-refractivity contribution is 6.04. The van der Waals surface area contributed by atoms with E-state index in [9.17, 15) is 14.4 Å². The Morgan fingerprint density at radius 3 is 2.69 bits per heavy atom. The second kappa shape index (κ2) is 11.1. The normalized spacial score (nSPS) is 25.0. The van der Waals surface area contributed by atoms with Gasteiger partial charge in [0.2, 0.25) is 11.8 Å². The van der Waals surface area contributed by atoms with Gasteiger partial charge < -0.3 is 9.47 Å². The Bertz CT molecular complexity index is 1540. The van der Waals surface area contributed by atoms with Crippen LogP contribution in [0.4, 0.5) is 0 Å². The fourth-order valence-corrected chi connectivity index (χ4v) is 6.80. The molecule has 3 amide bonds. The molecule has 7 rings (SSSR count). The molecule has 0 bridgehead atoms. The van der Waals surface area contributed by atoms with Gasteiger partial charge in [0.05, 0.1) is 18.2 Å². The molecule has 3 fully saturated rings. The minimum absolute atomic E-state index is 0.0491. The highest BCUT2D eigenvalue weighted by Crippen LogP contribution is 2.32. The number of benzene rings is 2. The number of ether oxygens (including phenoxy) is 2. The van der Waals surface area contributed by atoms with Crippen molar-refractivity contribution in [1.29, 1.82) is 0 Å². The van der Waals surface area contributed by atoms with Crippen LogP contribution in [0.25, 0.3) is 10.9 Å². The predicted octanol–water partition coefficient (Wildman–Crippen LogP) is 4.58. The fourth-order valence-electron chi connectivity index (χ4n) is 6.80. The topological polar surface area (TPSA) is 92.3 Å². The maximum atomic E-state index is 13.0. The summed E-state index contributed by atoms with van der Waals surface area (Å²) in [6.45, 7) is 5.75. The molecular weight excluding hydrogens is 532 g/mol. The molecule has 0 spiro atoms. The molecule has 9 nitrogen and oxygen atoms in total. The molecule has 1 unspecified atom stereocenters. The van der Waals surface area contributed by atoms with E-state index in [2.05, 4.69) is 42.2 Å². The third-order valence-electron chi connectivity index (χ3n) is 8.97. The van der Waals surface area contributed by atoms with Crippen molar-refractivity contribution in [2.45, 2.75) is 76.7 Å². The number of hydrogen-bond donors (Lipinski definition) is 0. The lowest BCUT2D eigenvalue weighted by Gasteiger charge is -2.32. The van der Waals surface area contributed by atoms with Crippen molar-refractivity contribution in [3.05, 3.63) is 70.9 Å². The van der Waals surface area contributed by atoms with E-state index < -0.39 is 0 Å². The van der Waals surface area contributed by atoms with Crippen molar-refractivity contribution in [3.63, 3.8) is 0 Å². The first kappa shape index (κ1) is 27.0. The van der Waals surface area contributed by atoms with E-state index in [0.29, 0.717) is 23.7 Å². The van der Waals surface area contributed by atoms with E-state index in [1.54, 1.807) is 6.07 Å². The zero-order valence-electron chi connectivity index (χ0n) is 24.0. The molecule has 218 valence electrons. The van der Waals surface area contributed by atoms with E-state index in [1.165, 1.54) is 16.3 Å². The first-order chi connectivity index (χ1) is 20.4. The van der Waals surface area contributed by atoms with Gasteiger partial charge in [0, 0.05) is 61.6 Å². The average Bonchev–Trinajstić information content (AvgIpc) is 3.55. The molecule has 1 aromatic heterocycles. The highest BCUT2D eigenvalue weighted by Gasteiger charge is 2.39. The molecule has 0 saturated carbocycles. The summed E-state index contributed by atoms with van der Waals surface area (Å²) < 4.78 is 12.0. The molecule has 42 heavy (non-hydrogen) atoms. The van der Waals surface area contributed by atoms with E-state index in [4.69, 9.17) is 14.5 Å². The van der Waals surface area contributed by atoms with Crippen LogP contribution < -0.4 is 4.74 Å². The number of pyridine rings is 1. The summed E-state index contributed by atoms with van der Waals surface area (Å²) in [5, 5.41) is 3.48. The molecule has 4 aliphatic rings. The number of amides is 3. The predicted molar refractivity (Wildman–Crippen MR) is 155 cm³/mol. The molecule has 4 aliphatic heterocycles. The van der Waals surface area contributed by atoms with E-state index in [1.807, 2.05) is 12.1 Å². The Hall–Kier alpha value is -3.82. The van der Waals surface area contributed by atoms with Crippen LogP contribution in [-0.4, -0.2) is 69.5 Å². The zero-order chi connectivity index (χ0) is 28.8. The smallest absolute Gasteiger partial charge is 0.273 e. The molecule has 2 aromatic carbocycles. The third-order valence-corrected chi connectivity index (χ3v) is 8.97. The third kappa shape index (κ3) is 5.27. The fraction of sp³-hybridized carbons (Fsp3) is 0.455. The van der Waals surface area contributed by atoms with Crippen LogP contribution in [0.15, 0.2) is 48.5 Å². The Balaban J connectivity index is 0.966. The molecule has 9 heteroatoms. The number of carbonyl (C=O) groups is 3. The lowest BCUT2D eigenvalue weighted by Crippen LogP contribution is -2.51. The Morgan fingerprint density at radius 1 is 1.00 bits per heavy atom. The van der Waals surface area contributed by atoms with Crippen molar-refractivity contribution in [2.75, 3.05) is 19.7 Å². The van der Waals surface area contributed by atoms with Crippen molar-refractivity contribution < 1.29 is 23.9 Å². The number of nitrogens with zero attached hydrogens (tertiary/aromatic N) is 4. The Labute approximate surface area is 245 Å². The molecule has 0 radical (unpaired) electrons. The van der Waals surface area contributed by atoms with E-state index in [0.717, 1.165) is 67.0 Å². The first-order valence-electron chi connectivity index (χ1n) is 15.1. The molecular formula is C33H36N4O5. The minimum Gasteiger partial charge on any atom is -0.489 e. The SMILES string of the molecule is C[C@H]1CC(c2ccc3cc(CN4CC[C@H](Oc5ccc6c(c5)CN(N5C(=O)CCCC5=O)C6=O)C4)ccc3n2)CCO1. The molecule has 3 atom stereocenters. The minimum atomic E-state index is -0.313. The van der Waals surface area contributed by atoms with Gasteiger partial charge in [-0.25, -0.2) is 5.01 Å². The monoisotopic (exact) mass is 568 g/mol. The van der Waals surface area contributed by atoms with Gasteiger partial charge in [0.1, 0.15) is 11.9 Å². The van der Waals surface area contributed by atoms with Crippen molar-refractivity contribution >= 4 is 28.6 Å². The molecule has 3 aromatic rings. The van der Waals surface area contributed by atoms with Gasteiger partial charge >= 0.3 is 0 Å². The van der Waals surface area contributed by atoms with Crippen LogP contribution in [0, 0.1) is 0 Å². The Morgan fingerprint density at radius 2 is 1.86 bits per heavy atom. The summed E-state index contributed by atoms with van der Waals surface area (Å²) in [4.78, 5) is 45.1. The van der Waals surface area contributed by atoms with E-state index >= 15 is 0 Å². The van der Waals surface area contributed by atoms with Gasteiger partial charge in [-0.05, 0) is 80.1 Å². The number of hydrazine groups is 1. The number of aromatic nitrogens is 1. The molecule has 0 N–H and O–H groups in total. The second-order valence-corrected chi connectivity index (χ2v) is 12.1. The number of rotatable bonds is 6. The number of piperidine rings is 1. The van der Waals surface area contributed by atoms with Gasteiger partial charge in [0.25, 0.3) is 5.91 Å². The molecule has 5 heterocycles. The number of fused-ring (bicyclic) bond motifs is 2. The number of hydrogen-bond acceptors (Lipinski definition) is 7. The lowest BCUT2D eigenvalue weighted by atomic mass is 9.92. The largest absolute Gasteiger partial charge is 0.489 e. The van der Waals surface area contributed by atoms with Crippen LogP contribution in [0.5, 0.6) is 5.75 Å². The van der Waals surface area contributed by atoms with Gasteiger partial charge in [-0.3, -0.25) is 24.3 Å². The Kier molecular flexibility index (Phi) is 7.15. The quantitative estimate of drug-likeness (QED) is 0.402. The standard InChI is InChI=1S/C33H36N4O5/c1-21-15-24(12-14-41-21)30-10-6-23-16-22(5-9-29(23)34-30)18-35-13-11-27(20-35)42-26-7-8-28-25(17-26)19-36(33(28)40)37-31(38)3-2-4-32(37)39/h5-10,16-17,21,24,27H,2-4,11-15,18-20H2,1H3/t21-,24?,27-/m0/s1. The second-order valence-electron chi connectivity index (χ2n) is 12.1. The summed E-state index contributed by atoms with van der Waals surface area (Å²) in [5.74, 6) is 0.233. The van der Waals surface area contributed by atoms with Crippen molar-refractivity contribution in [3.8, 4) is 5.75 Å². The van der Waals surface area contributed by atoms with Crippen LogP contribution in [0.2, 0.25) is 0 Å². The summed E-state index contributed by atoms with van der Waals surface area (Å²) in [6, 6.07) is 16.4. The molecule has 3 saturated heterocycles. The van der Waals surface area contributed by atoms with Gasteiger partial charge in [-0.15, -0.1) is 0 Å². The van der Waals surface area contributed by atoms with E-state index in [-0.39, 0.29) is 49.3 Å². The number of likely N-dealkylation sites (tertiary alicyclic amines) is 1. The van der Waals surface area contributed by atoms with Crippen LogP contribution in [0.1, 0.15) is 78.5 Å². The lowest BCUT2D eigenvalue weighted by molar-refractivity contribution is -0.163. The van der Waals surface area contributed by atoms with Gasteiger partial charge in [-0.2, -0.15) is 5.01 Å². The van der Waals surface area contributed by atoms with Crippen molar-refractivity contribution in [2.24, 2.45) is 0 Å². The first-order valence-corrected chi connectivity index (χ1v) is 15.1. The molecule has 0 aliphatic carbocycles. The van der Waals surface area contributed by atoms with Crippen LogP contribution in [-0.2, 0) is 27.4 Å². The van der Waals surface area contributed by atoms with Crippen LogP contribution >= 0.6 is 0 Å². The summed E-state index contributed by atoms with van der Waals surface area (Å²) in [5.41, 5.74) is 4.76. The summed E-state index contributed by atoms with van der Waals surface area (Å²) >= 11 is 0. The van der Waals surface area contributed by atoms with Gasteiger partial charge in [-0.1, -0.05) is 12.1 Å². The summed E-state index contributed by atoms with van der Waals surface area (Å²) in [6.07, 6.45) is 4.41. The van der Waals surface area contributed by atoms with Gasteiger partial charge in [0.15, 0.2) is 0 Å². The maximum Gasteiger partial charge on any atom is 0.273 e. The maximum absolute atomic E-state index is 13.0.